The molecule has 3 aromatic rings. The fraction of sp³-hybridized carbons (Fsp3) is 0.306. The maximum atomic E-state index is 14.8. The normalized spacial score (nSPS) is 28.0. The fourth-order valence-electron chi connectivity index (χ4n) is 7.46. The zero-order valence-corrected chi connectivity index (χ0v) is 25.4. The lowest BCUT2D eigenvalue weighted by Gasteiger charge is -2.38. The van der Waals surface area contributed by atoms with Gasteiger partial charge < -0.3 is 24.5 Å². The summed E-state index contributed by atoms with van der Waals surface area (Å²) in [5.74, 6) is -2.66. The summed E-state index contributed by atoms with van der Waals surface area (Å²) in [6.45, 7) is 0.663. The van der Waals surface area contributed by atoms with Gasteiger partial charge in [0.15, 0.2) is 0 Å². The van der Waals surface area contributed by atoms with Crippen LogP contribution in [-0.4, -0.2) is 76.1 Å². The Morgan fingerprint density at radius 3 is 2.22 bits per heavy atom. The summed E-state index contributed by atoms with van der Waals surface area (Å²) in [4.78, 5) is 48.7. The van der Waals surface area contributed by atoms with Gasteiger partial charge in [0.1, 0.15) is 11.6 Å². The third-order valence-electron chi connectivity index (χ3n) is 9.45. The van der Waals surface area contributed by atoms with Crippen LogP contribution in [0.2, 0.25) is 5.02 Å². The van der Waals surface area contributed by atoms with Gasteiger partial charge in [0.2, 0.25) is 11.8 Å². The van der Waals surface area contributed by atoms with E-state index in [1.54, 1.807) is 34.1 Å². The number of anilines is 1. The quantitative estimate of drug-likeness (QED) is 0.402. The van der Waals surface area contributed by atoms with E-state index in [9.17, 15) is 19.5 Å². The van der Waals surface area contributed by atoms with Gasteiger partial charge in [-0.05, 0) is 41.8 Å². The van der Waals surface area contributed by atoms with Gasteiger partial charge in [-0.1, -0.05) is 96.6 Å². The molecule has 4 heterocycles. The first-order valence-corrected chi connectivity index (χ1v) is 15.7. The third kappa shape index (κ3) is 5.07. The van der Waals surface area contributed by atoms with Gasteiger partial charge in [-0.2, -0.15) is 0 Å². The van der Waals surface area contributed by atoms with Crippen molar-refractivity contribution in [3.63, 3.8) is 0 Å². The molecular weight excluding hydrogens is 590 g/mol. The Balaban J connectivity index is 1.31. The van der Waals surface area contributed by atoms with Crippen LogP contribution in [0.25, 0.3) is 0 Å². The van der Waals surface area contributed by atoms with Gasteiger partial charge in [0.25, 0.3) is 5.91 Å². The van der Waals surface area contributed by atoms with Crippen LogP contribution in [0.3, 0.4) is 0 Å². The predicted octanol–water partition coefficient (Wildman–Crippen LogP) is 4.03. The van der Waals surface area contributed by atoms with Crippen molar-refractivity contribution in [2.45, 2.75) is 36.8 Å². The lowest BCUT2D eigenvalue weighted by atomic mass is 9.77. The van der Waals surface area contributed by atoms with Crippen molar-refractivity contribution in [1.29, 1.82) is 0 Å². The maximum absolute atomic E-state index is 14.8. The number of aliphatic hydroxyl groups is 1. The Bertz CT molecular complexity index is 1650. The molecule has 0 aliphatic carbocycles. The number of carbonyl (C=O) groups excluding carboxylic acids is 3. The van der Waals surface area contributed by atoms with E-state index >= 15 is 0 Å². The standard InChI is InChI=1S/C36H34ClN3O5/c37-26-14-16-27(17-15-26)39-20-8-18-36-31(30-29(45-36)13-7-19-38(33(30)42)22-25-11-5-2-6-12-25)34(43)40(32(36)35(39)44)28(23-41)21-24-9-3-1-4-10-24/h1-18,28-32,41H,19-23H2/t28-,29+,30-,31+,32?,36+/m1/s1. The van der Waals surface area contributed by atoms with Crippen LogP contribution in [0.1, 0.15) is 11.1 Å². The number of aliphatic hydroxyl groups excluding tert-OH is 1. The summed E-state index contributed by atoms with van der Waals surface area (Å²) in [6, 6.07) is 24.5. The molecule has 7 rings (SSSR count). The summed E-state index contributed by atoms with van der Waals surface area (Å²) in [7, 11) is 0. The van der Waals surface area contributed by atoms with Gasteiger partial charge in [-0.25, -0.2) is 0 Å². The number of hydrogen-bond acceptors (Lipinski definition) is 5. The predicted molar refractivity (Wildman–Crippen MR) is 170 cm³/mol. The third-order valence-corrected chi connectivity index (χ3v) is 9.70. The number of rotatable bonds is 7. The first-order valence-electron chi connectivity index (χ1n) is 15.3. The fourth-order valence-corrected chi connectivity index (χ4v) is 7.58. The van der Waals surface area contributed by atoms with Crippen LogP contribution in [0, 0.1) is 11.8 Å². The number of hydrogen-bond donors (Lipinski definition) is 1. The van der Waals surface area contributed by atoms with Crippen molar-refractivity contribution in [3.8, 4) is 0 Å². The zero-order chi connectivity index (χ0) is 31.1. The van der Waals surface area contributed by atoms with Crippen molar-refractivity contribution in [2.24, 2.45) is 11.8 Å². The van der Waals surface area contributed by atoms with Crippen molar-refractivity contribution in [1.82, 2.24) is 9.80 Å². The average molecular weight is 624 g/mol. The Morgan fingerprint density at radius 1 is 0.844 bits per heavy atom. The molecule has 4 aliphatic heterocycles. The van der Waals surface area contributed by atoms with Crippen molar-refractivity contribution in [2.75, 3.05) is 24.6 Å². The molecule has 6 atom stereocenters. The summed E-state index contributed by atoms with van der Waals surface area (Å²) in [5.41, 5.74) is 1.13. The second-order valence-electron chi connectivity index (χ2n) is 12.1. The summed E-state index contributed by atoms with van der Waals surface area (Å²) >= 11 is 6.16. The zero-order valence-electron chi connectivity index (χ0n) is 24.6. The van der Waals surface area contributed by atoms with Crippen molar-refractivity contribution >= 4 is 35.0 Å². The second-order valence-corrected chi connectivity index (χ2v) is 12.5. The number of fused-ring (bicyclic) bond motifs is 2. The molecule has 230 valence electrons. The highest BCUT2D eigenvalue weighted by Gasteiger charge is 2.72. The molecule has 1 unspecified atom stereocenters. The first-order chi connectivity index (χ1) is 21.9. The largest absolute Gasteiger partial charge is 0.394 e. The number of ether oxygens (including phenoxy) is 1. The number of carbonyl (C=O) groups is 3. The highest BCUT2D eigenvalue weighted by atomic mass is 35.5. The summed E-state index contributed by atoms with van der Waals surface area (Å²) in [5, 5.41) is 11.3. The molecule has 0 aromatic heterocycles. The van der Waals surface area contributed by atoms with E-state index in [0.29, 0.717) is 30.2 Å². The Kier molecular flexibility index (Phi) is 7.81. The Hall–Kier alpha value is -4.24. The molecule has 4 aliphatic rings. The molecular formula is C36H34ClN3O5. The van der Waals surface area contributed by atoms with E-state index in [1.807, 2.05) is 85.0 Å². The van der Waals surface area contributed by atoms with Crippen LogP contribution in [0.5, 0.6) is 0 Å². The smallest absolute Gasteiger partial charge is 0.253 e. The number of benzene rings is 3. The van der Waals surface area contributed by atoms with Gasteiger partial charge in [0, 0.05) is 30.3 Å². The van der Waals surface area contributed by atoms with Gasteiger partial charge in [0.05, 0.1) is 30.6 Å². The first kappa shape index (κ1) is 29.5. The number of halogens is 1. The van der Waals surface area contributed by atoms with E-state index in [0.717, 1.165) is 11.1 Å². The highest BCUT2D eigenvalue weighted by molar-refractivity contribution is 6.30. The monoisotopic (exact) mass is 623 g/mol. The van der Waals surface area contributed by atoms with Gasteiger partial charge in [-0.3, -0.25) is 14.4 Å². The molecule has 45 heavy (non-hydrogen) atoms. The minimum atomic E-state index is -1.40. The maximum Gasteiger partial charge on any atom is 0.253 e. The van der Waals surface area contributed by atoms with E-state index in [4.69, 9.17) is 16.3 Å². The van der Waals surface area contributed by atoms with Crippen molar-refractivity contribution in [3.05, 3.63) is 125 Å². The number of amides is 3. The van der Waals surface area contributed by atoms with E-state index in [-0.39, 0.29) is 30.9 Å². The SMILES string of the molecule is O=C1[C@@H]2[C@H](C=CCN1Cc1ccccc1)O[C@]13C=CCN(c4ccc(Cl)cc4)C(=O)C1N([C@@H](CO)Cc1ccccc1)C(=O)[C@H]23. The molecule has 0 bridgehead atoms. The van der Waals surface area contributed by atoms with Gasteiger partial charge in [-0.15, -0.1) is 0 Å². The molecule has 2 saturated heterocycles. The second kappa shape index (κ2) is 11.9. The Morgan fingerprint density at radius 2 is 1.53 bits per heavy atom. The van der Waals surface area contributed by atoms with Crippen LogP contribution in [0.4, 0.5) is 5.69 Å². The van der Waals surface area contributed by atoms with Crippen molar-refractivity contribution < 1.29 is 24.2 Å². The lowest BCUT2D eigenvalue weighted by molar-refractivity contribution is -0.147. The minimum Gasteiger partial charge on any atom is -0.394 e. The Labute approximate surface area is 267 Å². The molecule has 0 saturated carbocycles. The lowest BCUT2D eigenvalue weighted by Crippen LogP contribution is -2.58. The minimum absolute atomic E-state index is 0.187. The molecule has 3 amide bonds. The van der Waals surface area contributed by atoms with E-state index in [2.05, 4.69) is 0 Å². The van der Waals surface area contributed by atoms with Gasteiger partial charge >= 0.3 is 0 Å². The van der Waals surface area contributed by atoms with Crippen LogP contribution in [-0.2, 0) is 32.1 Å². The molecule has 0 radical (unpaired) electrons. The molecule has 2 fully saturated rings. The number of likely N-dealkylation sites (tertiary alicyclic amines) is 1. The van der Waals surface area contributed by atoms with Crippen LogP contribution >= 0.6 is 11.6 Å². The highest BCUT2D eigenvalue weighted by Crippen LogP contribution is 2.54. The van der Waals surface area contributed by atoms with Crippen LogP contribution < -0.4 is 4.90 Å². The summed E-state index contributed by atoms with van der Waals surface area (Å²) in [6.07, 6.45) is 7.10. The molecule has 1 spiro atoms. The molecule has 8 nitrogen and oxygen atoms in total. The number of nitrogens with zero attached hydrogens (tertiary/aromatic N) is 3. The molecule has 9 heteroatoms. The molecule has 3 aromatic carbocycles. The topological polar surface area (TPSA) is 90.4 Å². The van der Waals surface area contributed by atoms with E-state index < -0.39 is 35.6 Å². The van der Waals surface area contributed by atoms with Crippen LogP contribution in [0.15, 0.2) is 109 Å². The molecule has 1 N–H and O–H groups in total. The summed E-state index contributed by atoms with van der Waals surface area (Å²) < 4.78 is 6.80. The average Bonchev–Trinajstić information content (AvgIpc) is 3.38. The van der Waals surface area contributed by atoms with E-state index in [1.165, 1.54) is 4.90 Å².